The van der Waals surface area contributed by atoms with Gasteiger partial charge in [0.25, 0.3) is 0 Å². The van der Waals surface area contributed by atoms with Crippen LogP contribution in [0.3, 0.4) is 0 Å². The SMILES string of the molecule is COc1ccc(Cl)c(CN(Cc2cccc(CN3C(C=O)CCS3=O)c2)[C@@H](Cc2ccccc2)CN(C)C)c1F. The number of rotatable bonds is 13. The maximum Gasteiger partial charge on any atom is 0.171 e. The largest absolute Gasteiger partial charge is 0.494 e. The van der Waals surface area contributed by atoms with Gasteiger partial charge in [-0.05, 0) is 55.8 Å². The first-order valence-corrected chi connectivity index (χ1v) is 15.1. The fourth-order valence-corrected chi connectivity index (χ4v) is 6.85. The molecule has 1 aliphatic rings. The number of ether oxygens (including phenoxy) is 1. The Kier molecular flexibility index (Phi) is 10.9. The molecule has 3 aromatic rings. The molecule has 2 unspecified atom stereocenters. The van der Waals surface area contributed by atoms with E-state index in [1.165, 1.54) is 12.7 Å². The summed E-state index contributed by atoms with van der Waals surface area (Å²) in [6.07, 6.45) is 2.27. The van der Waals surface area contributed by atoms with E-state index in [0.717, 1.165) is 30.4 Å². The first-order chi connectivity index (χ1) is 19.3. The van der Waals surface area contributed by atoms with Gasteiger partial charge in [-0.25, -0.2) is 12.9 Å². The van der Waals surface area contributed by atoms with Gasteiger partial charge in [-0.3, -0.25) is 4.90 Å². The molecule has 1 saturated heterocycles. The number of hydrogen-bond acceptors (Lipinski definition) is 5. The summed E-state index contributed by atoms with van der Waals surface area (Å²) in [7, 11) is 4.36. The van der Waals surface area contributed by atoms with Gasteiger partial charge in [0.1, 0.15) is 6.29 Å². The van der Waals surface area contributed by atoms with Gasteiger partial charge >= 0.3 is 0 Å². The summed E-state index contributed by atoms with van der Waals surface area (Å²) in [6, 6.07) is 21.3. The molecule has 6 nitrogen and oxygen atoms in total. The second kappa shape index (κ2) is 14.3. The van der Waals surface area contributed by atoms with E-state index >= 15 is 4.39 Å². The Morgan fingerprint density at radius 1 is 1.07 bits per heavy atom. The molecule has 1 fully saturated rings. The predicted molar refractivity (Wildman–Crippen MR) is 159 cm³/mol. The van der Waals surface area contributed by atoms with Crippen LogP contribution < -0.4 is 4.74 Å². The zero-order chi connectivity index (χ0) is 28.6. The van der Waals surface area contributed by atoms with Crippen LogP contribution in [0.2, 0.25) is 5.02 Å². The second-order valence-electron chi connectivity index (χ2n) is 10.5. The smallest absolute Gasteiger partial charge is 0.171 e. The maximum absolute atomic E-state index is 15.5. The first-order valence-electron chi connectivity index (χ1n) is 13.4. The van der Waals surface area contributed by atoms with Crippen molar-refractivity contribution < 1.29 is 18.1 Å². The molecule has 40 heavy (non-hydrogen) atoms. The normalized spacial score (nSPS) is 18.4. The lowest BCUT2D eigenvalue weighted by molar-refractivity contribution is -0.110. The van der Waals surface area contributed by atoms with E-state index in [4.69, 9.17) is 16.3 Å². The number of benzene rings is 3. The van der Waals surface area contributed by atoms with Crippen molar-refractivity contribution in [3.63, 3.8) is 0 Å². The minimum Gasteiger partial charge on any atom is -0.494 e. The Balaban J connectivity index is 1.67. The van der Waals surface area contributed by atoms with Crippen molar-refractivity contribution in [3.8, 4) is 5.75 Å². The molecule has 1 heterocycles. The van der Waals surface area contributed by atoms with E-state index in [1.807, 2.05) is 50.5 Å². The zero-order valence-corrected chi connectivity index (χ0v) is 24.8. The van der Waals surface area contributed by atoms with Gasteiger partial charge in [-0.2, -0.15) is 0 Å². The molecule has 0 saturated carbocycles. The number of aldehydes is 1. The molecule has 0 bridgehead atoms. The topological polar surface area (TPSA) is 53.1 Å². The van der Waals surface area contributed by atoms with E-state index in [1.54, 1.807) is 16.4 Å². The van der Waals surface area contributed by atoms with Crippen molar-refractivity contribution in [2.75, 3.05) is 33.5 Å². The number of likely N-dealkylation sites (N-methyl/N-ethyl adjacent to an activating group) is 1. The van der Waals surface area contributed by atoms with Gasteiger partial charge in [0.2, 0.25) is 0 Å². The molecular formula is C31H37ClFN3O3S. The van der Waals surface area contributed by atoms with Crippen molar-refractivity contribution in [2.24, 2.45) is 0 Å². The maximum atomic E-state index is 15.5. The number of halogens is 2. The van der Waals surface area contributed by atoms with Crippen LogP contribution in [0.15, 0.2) is 66.7 Å². The molecule has 0 aliphatic carbocycles. The van der Waals surface area contributed by atoms with Crippen LogP contribution in [0.1, 0.15) is 28.7 Å². The minimum atomic E-state index is -1.16. The van der Waals surface area contributed by atoms with Gasteiger partial charge in [-0.15, -0.1) is 0 Å². The third-order valence-electron chi connectivity index (χ3n) is 7.23. The summed E-state index contributed by atoms with van der Waals surface area (Å²) in [5.74, 6) is 0.223. The summed E-state index contributed by atoms with van der Waals surface area (Å²) in [4.78, 5) is 15.9. The van der Waals surface area contributed by atoms with Crippen molar-refractivity contribution >= 4 is 28.9 Å². The zero-order valence-electron chi connectivity index (χ0n) is 23.3. The van der Waals surface area contributed by atoms with Crippen LogP contribution >= 0.6 is 11.6 Å². The highest BCUT2D eigenvalue weighted by Gasteiger charge is 2.31. The van der Waals surface area contributed by atoms with Crippen molar-refractivity contribution in [3.05, 3.63) is 99.8 Å². The van der Waals surface area contributed by atoms with Crippen molar-refractivity contribution in [2.45, 2.75) is 44.6 Å². The van der Waals surface area contributed by atoms with E-state index < -0.39 is 16.8 Å². The van der Waals surface area contributed by atoms with Crippen LogP contribution in [0.25, 0.3) is 0 Å². The molecule has 0 radical (unpaired) electrons. The molecule has 0 amide bonds. The Bertz CT molecular complexity index is 1310. The number of carbonyl (C=O) groups is 1. The van der Waals surface area contributed by atoms with Gasteiger partial charge in [0, 0.05) is 48.6 Å². The van der Waals surface area contributed by atoms with Crippen LogP contribution in [0.5, 0.6) is 5.75 Å². The fourth-order valence-electron chi connectivity index (χ4n) is 5.21. The molecule has 4 rings (SSSR count). The minimum absolute atomic E-state index is 0.0493. The van der Waals surface area contributed by atoms with Gasteiger partial charge < -0.3 is 14.4 Å². The summed E-state index contributed by atoms with van der Waals surface area (Å²) >= 11 is 6.54. The molecule has 3 aromatic carbocycles. The lowest BCUT2D eigenvalue weighted by Gasteiger charge is -2.34. The molecule has 1 aliphatic heterocycles. The Morgan fingerprint density at radius 3 is 2.50 bits per heavy atom. The summed E-state index contributed by atoms with van der Waals surface area (Å²) in [5.41, 5.74) is 3.62. The van der Waals surface area contributed by atoms with Crippen LogP contribution in [0, 0.1) is 5.82 Å². The predicted octanol–water partition coefficient (Wildman–Crippen LogP) is 5.10. The molecule has 3 atom stereocenters. The molecule has 9 heteroatoms. The Hall–Kier alpha value is -2.62. The van der Waals surface area contributed by atoms with Crippen molar-refractivity contribution in [1.29, 1.82) is 0 Å². The molecule has 214 valence electrons. The lowest BCUT2D eigenvalue weighted by atomic mass is 10.0. The van der Waals surface area contributed by atoms with Crippen molar-refractivity contribution in [1.82, 2.24) is 14.1 Å². The third kappa shape index (κ3) is 7.77. The lowest BCUT2D eigenvalue weighted by Crippen LogP contribution is -2.43. The number of methoxy groups -OCH3 is 1. The van der Waals surface area contributed by atoms with E-state index in [2.05, 4.69) is 28.0 Å². The standard InChI is InChI=1S/C31H37ClFN3O3S/c1-34(2)20-27(17-23-8-5-4-6-9-23)35(21-28-29(32)12-13-30(39-3)31(28)33)18-24-10-7-11-25(16-24)19-36-26(22-37)14-15-40(36)38/h4-13,16,22,26-27H,14-15,17-21H2,1-3H3/t26?,27-,40?/m0/s1. The summed E-state index contributed by atoms with van der Waals surface area (Å²) in [6.45, 7) is 2.03. The van der Waals surface area contributed by atoms with Crippen LogP contribution in [-0.4, -0.2) is 70.2 Å². The number of carbonyl (C=O) groups excluding carboxylic acids is 1. The molecule has 0 aromatic heterocycles. The Morgan fingerprint density at radius 2 is 1.80 bits per heavy atom. The van der Waals surface area contributed by atoms with E-state index in [9.17, 15) is 9.00 Å². The van der Waals surface area contributed by atoms with E-state index in [-0.39, 0.29) is 17.8 Å². The van der Waals surface area contributed by atoms with Gasteiger partial charge in [0.15, 0.2) is 11.6 Å². The third-order valence-corrected chi connectivity index (χ3v) is 9.09. The first kappa shape index (κ1) is 30.3. The average Bonchev–Trinajstić information content (AvgIpc) is 3.29. The average molecular weight is 586 g/mol. The molecule has 0 spiro atoms. The second-order valence-corrected chi connectivity index (χ2v) is 12.4. The van der Waals surface area contributed by atoms with Gasteiger partial charge in [-0.1, -0.05) is 66.2 Å². The highest BCUT2D eigenvalue weighted by atomic mass is 35.5. The number of hydrogen-bond donors (Lipinski definition) is 0. The quantitative estimate of drug-likeness (QED) is 0.261. The Labute approximate surface area is 244 Å². The van der Waals surface area contributed by atoms with Crippen LogP contribution in [-0.2, 0) is 41.8 Å². The van der Waals surface area contributed by atoms with E-state index in [0.29, 0.717) is 42.4 Å². The summed E-state index contributed by atoms with van der Waals surface area (Å²) < 4.78 is 35.0. The van der Waals surface area contributed by atoms with Gasteiger partial charge in [0.05, 0.1) is 24.1 Å². The van der Waals surface area contributed by atoms with Crippen LogP contribution in [0.4, 0.5) is 4.39 Å². The molecule has 0 N–H and O–H groups in total. The highest BCUT2D eigenvalue weighted by molar-refractivity contribution is 7.82. The monoisotopic (exact) mass is 585 g/mol. The highest BCUT2D eigenvalue weighted by Crippen LogP contribution is 2.30. The molecular weight excluding hydrogens is 549 g/mol. The number of nitrogens with zero attached hydrogens (tertiary/aromatic N) is 3. The summed E-state index contributed by atoms with van der Waals surface area (Å²) in [5, 5.41) is 0.358. The fraction of sp³-hybridized carbons (Fsp3) is 0.387.